The fourth-order valence-corrected chi connectivity index (χ4v) is 1.30. The summed E-state index contributed by atoms with van der Waals surface area (Å²) in [6, 6.07) is 5.74. The largest absolute Gasteiger partial charge is 0.493 e. The molecule has 3 heteroatoms. The molecular formula is C8H9BrOS. The van der Waals surface area contributed by atoms with E-state index >= 15 is 0 Å². The van der Waals surface area contributed by atoms with Crippen LogP contribution in [-0.2, 0) is 0 Å². The van der Waals surface area contributed by atoms with E-state index in [9.17, 15) is 0 Å². The van der Waals surface area contributed by atoms with E-state index in [2.05, 4.69) is 28.6 Å². The first-order chi connectivity index (χ1) is 5.24. The van der Waals surface area contributed by atoms with Crippen LogP contribution < -0.4 is 4.74 Å². The van der Waals surface area contributed by atoms with Crippen LogP contribution in [0.2, 0.25) is 0 Å². The minimum atomic E-state index is 0.671. The number of halogens is 1. The standard InChI is InChI=1S/C8H9BrOS/c1-2-10-7-5-6(9)3-4-8(7)11/h3-5,11H,2H2,1H3. The molecule has 0 saturated heterocycles. The first-order valence-corrected chi connectivity index (χ1v) is 4.59. The highest BCUT2D eigenvalue weighted by atomic mass is 79.9. The third-order valence-corrected chi connectivity index (χ3v) is 2.08. The molecule has 0 amide bonds. The molecule has 0 fully saturated rings. The van der Waals surface area contributed by atoms with Crippen LogP contribution in [0.15, 0.2) is 27.6 Å². The van der Waals surface area contributed by atoms with Crippen LogP contribution >= 0.6 is 28.6 Å². The third kappa shape index (κ3) is 2.42. The predicted octanol–water partition coefficient (Wildman–Crippen LogP) is 3.14. The van der Waals surface area contributed by atoms with Crippen molar-refractivity contribution in [1.82, 2.24) is 0 Å². The van der Waals surface area contributed by atoms with Crippen molar-refractivity contribution in [3.8, 4) is 5.75 Å². The minimum absolute atomic E-state index is 0.671. The Morgan fingerprint density at radius 3 is 2.91 bits per heavy atom. The van der Waals surface area contributed by atoms with Crippen LogP contribution in [0, 0.1) is 0 Å². The van der Waals surface area contributed by atoms with Crippen molar-refractivity contribution in [3.05, 3.63) is 22.7 Å². The molecule has 0 aliphatic carbocycles. The molecule has 1 nitrogen and oxygen atoms in total. The zero-order valence-electron chi connectivity index (χ0n) is 6.17. The van der Waals surface area contributed by atoms with Gasteiger partial charge in [0.2, 0.25) is 0 Å². The molecule has 0 N–H and O–H groups in total. The Hall–Kier alpha value is -0.150. The zero-order valence-corrected chi connectivity index (χ0v) is 8.65. The molecule has 0 aliphatic heterocycles. The maximum Gasteiger partial charge on any atom is 0.133 e. The number of rotatable bonds is 2. The summed E-state index contributed by atoms with van der Waals surface area (Å²) in [5, 5.41) is 0. The van der Waals surface area contributed by atoms with Gasteiger partial charge in [0.1, 0.15) is 5.75 Å². The average molecular weight is 233 g/mol. The van der Waals surface area contributed by atoms with Gasteiger partial charge >= 0.3 is 0 Å². The number of ether oxygens (including phenoxy) is 1. The minimum Gasteiger partial charge on any atom is -0.493 e. The molecule has 0 spiro atoms. The number of benzene rings is 1. The summed E-state index contributed by atoms with van der Waals surface area (Å²) in [7, 11) is 0. The second kappa shape index (κ2) is 4.02. The molecule has 0 bridgehead atoms. The maximum atomic E-state index is 5.31. The molecule has 0 unspecified atom stereocenters. The summed E-state index contributed by atoms with van der Waals surface area (Å²) in [5.41, 5.74) is 0. The van der Waals surface area contributed by atoms with Gasteiger partial charge in [0.25, 0.3) is 0 Å². The van der Waals surface area contributed by atoms with E-state index < -0.39 is 0 Å². The van der Waals surface area contributed by atoms with E-state index in [1.807, 2.05) is 25.1 Å². The summed E-state index contributed by atoms with van der Waals surface area (Å²) < 4.78 is 6.32. The Morgan fingerprint density at radius 1 is 1.55 bits per heavy atom. The summed E-state index contributed by atoms with van der Waals surface area (Å²) >= 11 is 7.59. The van der Waals surface area contributed by atoms with Crippen LogP contribution in [0.25, 0.3) is 0 Å². The van der Waals surface area contributed by atoms with Gasteiger partial charge in [0, 0.05) is 9.37 Å². The number of hydrogen-bond donors (Lipinski definition) is 1. The van der Waals surface area contributed by atoms with Gasteiger partial charge in [-0.25, -0.2) is 0 Å². The highest BCUT2D eigenvalue weighted by molar-refractivity contribution is 9.10. The average Bonchev–Trinajstić information content (AvgIpc) is 1.98. The van der Waals surface area contributed by atoms with Gasteiger partial charge in [0.05, 0.1) is 6.61 Å². The first-order valence-electron chi connectivity index (χ1n) is 3.35. The second-order valence-corrected chi connectivity index (χ2v) is 3.44. The van der Waals surface area contributed by atoms with Crippen molar-refractivity contribution in [1.29, 1.82) is 0 Å². The van der Waals surface area contributed by atoms with Gasteiger partial charge in [0.15, 0.2) is 0 Å². The summed E-state index contributed by atoms with van der Waals surface area (Å²) in [6.45, 7) is 2.62. The molecule has 60 valence electrons. The van der Waals surface area contributed by atoms with Crippen LogP contribution in [0.3, 0.4) is 0 Å². The van der Waals surface area contributed by atoms with E-state index in [0.717, 1.165) is 15.1 Å². The van der Waals surface area contributed by atoms with Gasteiger partial charge in [-0.2, -0.15) is 0 Å². The lowest BCUT2D eigenvalue weighted by Gasteiger charge is -2.05. The van der Waals surface area contributed by atoms with Gasteiger partial charge in [-0.3, -0.25) is 0 Å². The Morgan fingerprint density at radius 2 is 2.27 bits per heavy atom. The lowest BCUT2D eigenvalue weighted by Crippen LogP contribution is -1.91. The topological polar surface area (TPSA) is 9.23 Å². The predicted molar refractivity (Wildman–Crippen MR) is 52.6 cm³/mol. The van der Waals surface area contributed by atoms with Gasteiger partial charge in [-0.05, 0) is 25.1 Å². The van der Waals surface area contributed by atoms with Crippen LogP contribution in [-0.4, -0.2) is 6.61 Å². The van der Waals surface area contributed by atoms with Gasteiger partial charge in [-0.1, -0.05) is 15.9 Å². The van der Waals surface area contributed by atoms with E-state index in [0.29, 0.717) is 6.61 Å². The highest BCUT2D eigenvalue weighted by Crippen LogP contribution is 2.26. The highest BCUT2D eigenvalue weighted by Gasteiger charge is 1.98. The monoisotopic (exact) mass is 232 g/mol. The van der Waals surface area contributed by atoms with Crippen LogP contribution in [0.4, 0.5) is 0 Å². The molecule has 0 aliphatic rings. The van der Waals surface area contributed by atoms with Gasteiger partial charge < -0.3 is 4.74 Å². The second-order valence-electron chi connectivity index (χ2n) is 2.05. The van der Waals surface area contributed by atoms with E-state index in [1.54, 1.807) is 0 Å². The smallest absolute Gasteiger partial charge is 0.133 e. The summed E-state index contributed by atoms with van der Waals surface area (Å²) in [4.78, 5) is 0.870. The molecule has 0 saturated carbocycles. The molecule has 11 heavy (non-hydrogen) atoms. The Bertz CT molecular complexity index is 250. The van der Waals surface area contributed by atoms with E-state index in [-0.39, 0.29) is 0 Å². The van der Waals surface area contributed by atoms with Crippen molar-refractivity contribution in [2.45, 2.75) is 11.8 Å². The Balaban J connectivity index is 2.93. The Kier molecular flexibility index (Phi) is 3.27. The maximum absolute atomic E-state index is 5.31. The zero-order chi connectivity index (χ0) is 8.27. The van der Waals surface area contributed by atoms with E-state index in [1.165, 1.54) is 0 Å². The SMILES string of the molecule is CCOc1cc(Br)ccc1S. The fourth-order valence-electron chi connectivity index (χ4n) is 0.759. The van der Waals surface area contributed by atoms with Gasteiger partial charge in [-0.15, -0.1) is 12.6 Å². The van der Waals surface area contributed by atoms with Crippen molar-refractivity contribution in [3.63, 3.8) is 0 Å². The van der Waals surface area contributed by atoms with Crippen molar-refractivity contribution in [2.75, 3.05) is 6.61 Å². The molecular weight excluding hydrogens is 224 g/mol. The quantitative estimate of drug-likeness (QED) is 0.772. The molecule has 1 aromatic carbocycles. The van der Waals surface area contributed by atoms with Crippen molar-refractivity contribution in [2.24, 2.45) is 0 Å². The molecule has 0 heterocycles. The van der Waals surface area contributed by atoms with Crippen LogP contribution in [0.5, 0.6) is 5.75 Å². The number of hydrogen-bond acceptors (Lipinski definition) is 2. The molecule has 0 atom stereocenters. The molecule has 1 aromatic rings. The molecule has 0 radical (unpaired) electrons. The summed E-state index contributed by atoms with van der Waals surface area (Å²) in [5.74, 6) is 0.824. The lowest BCUT2D eigenvalue weighted by molar-refractivity contribution is 0.332. The molecule has 0 aromatic heterocycles. The fraction of sp³-hybridized carbons (Fsp3) is 0.250. The normalized spacial score (nSPS) is 9.73. The summed E-state index contributed by atoms with van der Waals surface area (Å²) in [6.07, 6.45) is 0. The lowest BCUT2D eigenvalue weighted by atomic mass is 10.3. The first kappa shape index (κ1) is 8.94. The third-order valence-electron chi connectivity index (χ3n) is 1.22. The van der Waals surface area contributed by atoms with Crippen LogP contribution in [0.1, 0.15) is 6.92 Å². The molecule has 1 rings (SSSR count). The number of thiol groups is 1. The van der Waals surface area contributed by atoms with Crippen molar-refractivity contribution >= 4 is 28.6 Å². The van der Waals surface area contributed by atoms with Crippen molar-refractivity contribution < 1.29 is 4.74 Å². The van der Waals surface area contributed by atoms with E-state index in [4.69, 9.17) is 4.74 Å². The Labute approximate surface area is 80.3 Å².